The maximum absolute atomic E-state index is 10.2. The molecule has 1 fully saturated rings. The summed E-state index contributed by atoms with van der Waals surface area (Å²) in [5.41, 5.74) is 5.02. The Balaban J connectivity index is 2.35. The monoisotopic (exact) mass is 256 g/mol. The van der Waals surface area contributed by atoms with Crippen LogP contribution in [0.4, 0.5) is 0 Å². The summed E-state index contributed by atoms with van der Waals surface area (Å²) >= 11 is 0. The van der Waals surface area contributed by atoms with Gasteiger partial charge < -0.3 is 15.7 Å². The molecule has 3 nitrogen and oxygen atoms in total. The third-order valence-electron chi connectivity index (χ3n) is 4.60. The van der Waals surface area contributed by atoms with Crippen LogP contribution in [0, 0.1) is 0 Å². The Morgan fingerprint density at radius 2 is 2.06 bits per heavy atom. The van der Waals surface area contributed by atoms with Crippen LogP contribution in [0.25, 0.3) is 0 Å². The first-order valence-electron chi connectivity index (χ1n) is 7.81. The van der Waals surface area contributed by atoms with Gasteiger partial charge in [0, 0.05) is 12.6 Å². The zero-order chi connectivity index (χ0) is 13.4. The molecule has 0 aliphatic carbocycles. The minimum absolute atomic E-state index is 0.390. The van der Waals surface area contributed by atoms with Crippen LogP contribution in [0.15, 0.2) is 0 Å². The molecule has 1 aliphatic rings. The highest BCUT2D eigenvalue weighted by molar-refractivity contribution is 4.80. The maximum atomic E-state index is 10.2. The molecule has 1 saturated heterocycles. The van der Waals surface area contributed by atoms with E-state index in [1.54, 1.807) is 0 Å². The molecule has 108 valence electrons. The number of hydrogen-bond donors (Lipinski definition) is 2. The predicted octanol–water partition coefficient (Wildman–Crippen LogP) is 2.52. The van der Waals surface area contributed by atoms with Gasteiger partial charge in [0.1, 0.15) is 0 Å². The smallest absolute Gasteiger partial charge is 0.0767 e. The lowest BCUT2D eigenvalue weighted by Gasteiger charge is -2.31. The lowest BCUT2D eigenvalue weighted by atomic mass is 9.94. The fourth-order valence-corrected chi connectivity index (χ4v) is 3.03. The summed E-state index contributed by atoms with van der Waals surface area (Å²) < 4.78 is 0. The summed E-state index contributed by atoms with van der Waals surface area (Å²) in [5, 5.41) is 10.2. The molecule has 3 N–H and O–H groups in total. The van der Waals surface area contributed by atoms with Crippen LogP contribution >= 0.6 is 0 Å². The Bertz CT molecular complexity index is 217. The predicted molar refractivity (Wildman–Crippen MR) is 77.6 cm³/mol. The van der Waals surface area contributed by atoms with Crippen LogP contribution in [0.2, 0.25) is 0 Å². The SMILES string of the molecule is CCC1CCCCCN1CCCC(O)(CC)CN. The highest BCUT2D eigenvalue weighted by Crippen LogP contribution is 2.21. The number of nitrogens with two attached hydrogens (primary N) is 1. The lowest BCUT2D eigenvalue weighted by Crippen LogP contribution is -2.39. The summed E-state index contributed by atoms with van der Waals surface area (Å²) in [5.74, 6) is 0. The van der Waals surface area contributed by atoms with Gasteiger partial charge >= 0.3 is 0 Å². The van der Waals surface area contributed by atoms with Crippen molar-refractivity contribution in [1.82, 2.24) is 4.90 Å². The quantitative estimate of drug-likeness (QED) is 0.736. The fourth-order valence-electron chi connectivity index (χ4n) is 3.03. The van der Waals surface area contributed by atoms with E-state index >= 15 is 0 Å². The molecule has 2 unspecified atom stereocenters. The molecule has 1 heterocycles. The van der Waals surface area contributed by atoms with E-state index in [-0.39, 0.29) is 0 Å². The zero-order valence-corrected chi connectivity index (χ0v) is 12.3. The van der Waals surface area contributed by atoms with Crippen LogP contribution < -0.4 is 5.73 Å². The number of hydrogen-bond acceptors (Lipinski definition) is 3. The third kappa shape index (κ3) is 4.87. The molecule has 18 heavy (non-hydrogen) atoms. The van der Waals surface area contributed by atoms with E-state index in [0.29, 0.717) is 6.54 Å². The standard InChI is InChI=1S/C15H32N2O/c1-3-14-9-6-5-7-11-17(14)12-8-10-15(18,4-2)13-16/h14,18H,3-13,16H2,1-2H3. The van der Waals surface area contributed by atoms with Crippen LogP contribution in [-0.2, 0) is 0 Å². The summed E-state index contributed by atoms with van der Waals surface area (Å²) in [4.78, 5) is 2.64. The van der Waals surface area contributed by atoms with Crippen molar-refractivity contribution in [2.75, 3.05) is 19.6 Å². The van der Waals surface area contributed by atoms with Crippen molar-refractivity contribution in [3.8, 4) is 0 Å². The molecule has 0 bridgehead atoms. The van der Waals surface area contributed by atoms with E-state index in [4.69, 9.17) is 5.73 Å². The summed E-state index contributed by atoms with van der Waals surface area (Å²) in [6, 6.07) is 0.764. The normalized spacial score (nSPS) is 25.7. The second-order valence-corrected chi connectivity index (χ2v) is 5.83. The van der Waals surface area contributed by atoms with E-state index in [9.17, 15) is 5.11 Å². The van der Waals surface area contributed by atoms with Gasteiger partial charge in [0.25, 0.3) is 0 Å². The van der Waals surface area contributed by atoms with Crippen molar-refractivity contribution < 1.29 is 5.11 Å². The Kier molecular flexibility index (Phi) is 7.20. The number of nitrogens with zero attached hydrogens (tertiary/aromatic N) is 1. The molecule has 2 atom stereocenters. The molecule has 0 spiro atoms. The highest BCUT2D eigenvalue weighted by atomic mass is 16.3. The van der Waals surface area contributed by atoms with E-state index in [0.717, 1.165) is 31.8 Å². The average molecular weight is 256 g/mol. The Morgan fingerprint density at radius 1 is 1.28 bits per heavy atom. The first-order chi connectivity index (χ1) is 8.65. The van der Waals surface area contributed by atoms with Gasteiger partial charge in [-0.25, -0.2) is 0 Å². The van der Waals surface area contributed by atoms with Crippen molar-refractivity contribution in [2.45, 2.75) is 76.9 Å². The van der Waals surface area contributed by atoms with Crippen molar-refractivity contribution in [1.29, 1.82) is 0 Å². The second-order valence-electron chi connectivity index (χ2n) is 5.83. The van der Waals surface area contributed by atoms with Gasteiger partial charge in [-0.3, -0.25) is 0 Å². The van der Waals surface area contributed by atoms with Crippen molar-refractivity contribution in [2.24, 2.45) is 5.73 Å². The summed E-state index contributed by atoms with van der Waals surface area (Å²) in [6.45, 7) is 7.08. The van der Waals surface area contributed by atoms with E-state index < -0.39 is 5.60 Å². The minimum atomic E-state index is -0.631. The first kappa shape index (κ1) is 15.9. The molecule has 1 rings (SSSR count). The molecule has 0 aromatic rings. The minimum Gasteiger partial charge on any atom is -0.389 e. The first-order valence-corrected chi connectivity index (χ1v) is 7.81. The van der Waals surface area contributed by atoms with Gasteiger partial charge in [0.2, 0.25) is 0 Å². The van der Waals surface area contributed by atoms with Gasteiger partial charge in [-0.15, -0.1) is 0 Å². The van der Waals surface area contributed by atoms with Gasteiger partial charge in [-0.1, -0.05) is 26.7 Å². The maximum Gasteiger partial charge on any atom is 0.0767 e. The molecular weight excluding hydrogens is 224 g/mol. The van der Waals surface area contributed by atoms with Gasteiger partial charge in [0.15, 0.2) is 0 Å². The molecule has 1 aliphatic heterocycles. The summed E-state index contributed by atoms with van der Waals surface area (Å²) in [6.07, 6.45) is 9.39. The van der Waals surface area contributed by atoms with Crippen molar-refractivity contribution >= 4 is 0 Å². The highest BCUT2D eigenvalue weighted by Gasteiger charge is 2.24. The molecule has 0 amide bonds. The number of rotatable bonds is 7. The Labute approximate surface area is 113 Å². The zero-order valence-electron chi connectivity index (χ0n) is 12.3. The molecule has 3 heteroatoms. The van der Waals surface area contributed by atoms with E-state index in [1.165, 1.54) is 38.6 Å². The van der Waals surface area contributed by atoms with Gasteiger partial charge in [-0.05, 0) is 51.6 Å². The average Bonchev–Trinajstić information content (AvgIpc) is 2.63. The second kappa shape index (κ2) is 8.13. The van der Waals surface area contributed by atoms with E-state index in [2.05, 4.69) is 11.8 Å². The molecule has 0 aromatic carbocycles. The van der Waals surface area contributed by atoms with Gasteiger partial charge in [-0.2, -0.15) is 0 Å². The Hall–Kier alpha value is -0.120. The lowest BCUT2D eigenvalue weighted by molar-refractivity contribution is 0.0301. The van der Waals surface area contributed by atoms with Crippen LogP contribution in [0.5, 0.6) is 0 Å². The van der Waals surface area contributed by atoms with Gasteiger partial charge in [0.05, 0.1) is 5.60 Å². The molecule has 0 radical (unpaired) electrons. The molecule has 0 saturated carbocycles. The summed E-state index contributed by atoms with van der Waals surface area (Å²) in [7, 11) is 0. The van der Waals surface area contributed by atoms with Crippen LogP contribution in [0.1, 0.15) is 65.2 Å². The van der Waals surface area contributed by atoms with Crippen molar-refractivity contribution in [3.05, 3.63) is 0 Å². The van der Waals surface area contributed by atoms with Crippen molar-refractivity contribution in [3.63, 3.8) is 0 Å². The largest absolute Gasteiger partial charge is 0.389 e. The van der Waals surface area contributed by atoms with Crippen LogP contribution in [0.3, 0.4) is 0 Å². The number of aliphatic hydroxyl groups is 1. The fraction of sp³-hybridized carbons (Fsp3) is 1.00. The van der Waals surface area contributed by atoms with Crippen LogP contribution in [-0.4, -0.2) is 41.3 Å². The topological polar surface area (TPSA) is 49.5 Å². The molecule has 0 aromatic heterocycles. The number of likely N-dealkylation sites (tertiary alicyclic amines) is 1. The molecular formula is C15H32N2O. The van der Waals surface area contributed by atoms with E-state index in [1.807, 2.05) is 6.92 Å². The Morgan fingerprint density at radius 3 is 2.67 bits per heavy atom. The third-order valence-corrected chi connectivity index (χ3v) is 4.60.